The van der Waals surface area contributed by atoms with Crippen LogP contribution in [0.5, 0.6) is 0 Å². The van der Waals surface area contributed by atoms with Crippen LogP contribution in [-0.4, -0.2) is 6.16 Å². The van der Waals surface area contributed by atoms with Crippen molar-refractivity contribution in [1.29, 1.82) is 0 Å². The maximum Gasteiger partial charge on any atom is 0.514 e. The van der Waals surface area contributed by atoms with E-state index in [1.54, 1.807) is 0 Å². The first-order valence-electron chi connectivity index (χ1n) is 5.94. The van der Waals surface area contributed by atoms with Crippen LogP contribution in [0.3, 0.4) is 0 Å². The van der Waals surface area contributed by atoms with Crippen LogP contribution in [0.4, 0.5) is 4.79 Å². The Morgan fingerprint density at radius 1 is 1.29 bits per heavy atom. The molecular formula is C14H16O3. The zero-order valence-corrected chi connectivity index (χ0v) is 9.89. The van der Waals surface area contributed by atoms with E-state index >= 15 is 0 Å². The molecule has 1 aliphatic heterocycles. The second-order valence-electron chi connectivity index (χ2n) is 4.01. The average Bonchev–Trinajstić information content (AvgIpc) is 2.72. The molecule has 0 spiro atoms. The van der Waals surface area contributed by atoms with E-state index in [0.717, 1.165) is 24.8 Å². The molecular weight excluding hydrogens is 216 g/mol. The minimum atomic E-state index is -0.610. The molecule has 3 nitrogen and oxygen atoms in total. The molecule has 0 saturated carbocycles. The van der Waals surface area contributed by atoms with Crippen LogP contribution in [-0.2, 0) is 9.47 Å². The molecule has 0 radical (unpaired) electrons. The van der Waals surface area contributed by atoms with Gasteiger partial charge in [-0.3, -0.25) is 0 Å². The van der Waals surface area contributed by atoms with Crippen LogP contribution in [0.25, 0.3) is 0 Å². The van der Waals surface area contributed by atoms with E-state index in [4.69, 9.17) is 9.47 Å². The Kier molecular flexibility index (Phi) is 3.81. The third-order valence-corrected chi connectivity index (χ3v) is 2.68. The largest absolute Gasteiger partial charge is 0.514 e. The molecule has 0 aromatic heterocycles. The Hall–Kier alpha value is -1.77. The summed E-state index contributed by atoms with van der Waals surface area (Å²) >= 11 is 0. The maximum atomic E-state index is 11.2. The molecule has 0 N–H and O–H groups in total. The lowest BCUT2D eigenvalue weighted by atomic mass is 10.1. The summed E-state index contributed by atoms with van der Waals surface area (Å²) in [4.78, 5) is 11.2. The summed E-state index contributed by atoms with van der Waals surface area (Å²) in [7, 11) is 0. The number of unbranched alkanes of at least 4 members (excludes halogenated alkanes) is 2. The van der Waals surface area contributed by atoms with Crippen molar-refractivity contribution in [3.05, 3.63) is 47.7 Å². The number of allylic oxidation sites excluding steroid dienone is 1. The van der Waals surface area contributed by atoms with Gasteiger partial charge in [-0.05, 0) is 18.9 Å². The van der Waals surface area contributed by atoms with Crippen molar-refractivity contribution in [2.24, 2.45) is 0 Å². The van der Waals surface area contributed by atoms with Gasteiger partial charge in [0.05, 0.1) is 0 Å². The van der Waals surface area contributed by atoms with Crippen LogP contribution in [0, 0.1) is 0 Å². The summed E-state index contributed by atoms with van der Waals surface area (Å²) in [5.41, 5.74) is 0.945. The standard InChI is InChI=1S/C14H16O3/c1-2-3-5-10-12-13(17-14(15)16-12)11-8-6-4-7-9-11/h4,6-10,13H,2-3,5H2,1H3/b12-10+. The number of cyclic esters (lactones) is 2. The van der Waals surface area contributed by atoms with Crippen LogP contribution in [0.15, 0.2) is 42.2 Å². The van der Waals surface area contributed by atoms with Crippen molar-refractivity contribution in [3.8, 4) is 0 Å². The summed E-state index contributed by atoms with van der Waals surface area (Å²) in [5, 5.41) is 0. The Bertz CT molecular complexity index is 409. The Balaban J connectivity index is 2.14. The summed E-state index contributed by atoms with van der Waals surface area (Å²) in [6, 6.07) is 9.64. The summed E-state index contributed by atoms with van der Waals surface area (Å²) in [6.45, 7) is 2.13. The quantitative estimate of drug-likeness (QED) is 0.582. The third kappa shape index (κ3) is 2.87. The van der Waals surface area contributed by atoms with Crippen LogP contribution in [0.2, 0.25) is 0 Å². The first-order chi connectivity index (χ1) is 8.31. The second-order valence-corrected chi connectivity index (χ2v) is 4.01. The van der Waals surface area contributed by atoms with Crippen molar-refractivity contribution >= 4 is 6.16 Å². The topological polar surface area (TPSA) is 35.5 Å². The van der Waals surface area contributed by atoms with E-state index in [1.807, 2.05) is 36.4 Å². The summed E-state index contributed by atoms with van der Waals surface area (Å²) < 4.78 is 10.2. The Morgan fingerprint density at radius 3 is 2.76 bits per heavy atom. The van der Waals surface area contributed by atoms with Gasteiger partial charge in [0.25, 0.3) is 0 Å². The van der Waals surface area contributed by atoms with Crippen LogP contribution < -0.4 is 0 Å². The zero-order valence-electron chi connectivity index (χ0n) is 9.89. The SMILES string of the molecule is CCCC/C=C1/OC(=O)OC1c1ccccc1. The van der Waals surface area contributed by atoms with Gasteiger partial charge in [-0.2, -0.15) is 0 Å². The highest BCUT2D eigenvalue weighted by Crippen LogP contribution is 2.33. The van der Waals surface area contributed by atoms with E-state index < -0.39 is 6.16 Å². The first kappa shape index (κ1) is 11.7. The van der Waals surface area contributed by atoms with Gasteiger partial charge in [0, 0.05) is 5.56 Å². The molecule has 17 heavy (non-hydrogen) atoms. The zero-order chi connectivity index (χ0) is 12.1. The number of benzene rings is 1. The Morgan fingerprint density at radius 2 is 2.06 bits per heavy atom. The molecule has 1 aliphatic rings. The molecule has 1 heterocycles. The van der Waals surface area contributed by atoms with E-state index in [0.29, 0.717) is 5.76 Å². The highest BCUT2D eigenvalue weighted by Gasteiger charge is 2.32. The highest BCUT2D eigenvalue weighted by atomic mass is 16.8. The average molecular weight is 232 g/mol. The number of ether oxygens (including phenoxy) is 2. The smallest absolute Gasteiger partial charge is 0.418 e. The molecule has 0 aliphatic carbocycles. The van der Waals surface area contributed by atoms with E-state index in [-0.39, 0.29) is 6.10 Å². The molecule has 1 unspecified atom stereocenters. The first-order valence-corrected chi connectivity index (χ1v) is 5.94. The molecule has 1 aromatic carbocycles. The van der Waals surface area contributed by atoms with Crippen molar-refractivity contribution in [2.75, 3.05) is 0 Å². The van der Waals surface area contributed by atoms with Gasteiger partial charge < -0.3 is 9.47 Å². The van der Waals surface area contributed by atoms with Gasteiger partial charge in [0.1, 0.15) is 0 Å². The molecule has 3 heteroatoms. The van der Waals surface area contributed by atoms with Crippen molar-refractivity contribution in [2.45, 2.75) is 32.3 Å². The summed E-state index contributed by atoms with van der Waals surface area (Å²) in [5.74, 6) is 0.620. The lowest BCUT2D eigenvalue weighted by Gasteiger charge is -2.07. The van der Waals surface area contributed by atoms with Crippen LogP contribution in [0.1, 0.15) is 37.9 Å². The van der Waals surface area contributed by atoms with Gasteiger partial charge in [-0.15, -0.1) is 0 Å². The normalized spacial score (nSPS) is 21.4. The van der Waals surface area contributed by atoms with E-state index in [2.05, 4.69) is 6.92 Å². The van der Waals surface area contributed by atoms with Gasteiger partial charge >= 0.3 is 6.16 Å². The number of hydrogen-bond acceptors (Lipinski definition) is 3. The van der Waals surface area contributed by atoms with Crippen LogP contribution >= 0.6 is 0 Å². The minimum absolute atomic E-state index is 0.374. The van der Waals surface area contributed by atoms with Gasteiger partial charge in [-0.1, -0.05) is 43.7 Å². The molecule has 0 amide bonds. The molecule has 90 valence electrons. The Labute approximate surface area is 101 Å². The fourth-order valence-electron chi connectivity index (χ4n) is 1.79. The lowest BCUT2D eigenvalue weighted by Crippen LogP contribution is -1.98. The monoisotopic (exact) mass is 232 g/mol. The predicted octanol–water partition coefficient (Wildman–Crippen LogP) is 3.97. The molecule has 1 fully saturated rings. The molecule has 1 saturated heterocycles. The van der Waals surface area contributed by atoms with Gasteiger partial charge in [0.2, 0.25) is 0 Å². The number of carbonyl (C=O) groups excluding carboxylic acids is 1. The lowest BCUT2D eigenvalue weighted by molar-refractivity contribution is 0.118. The predicted molar refractivity (Wildman–Crippen MR) is 64.4 cm³/mol. The third-order valence-electron chi connectivity index (χ3n) is 2.68. The molecule has 2 rings (SSSR count). The fraction of sp³-hybridized carbons (Fsp3) is 0.357. The van der Waals surface area contributed by atoms with Crippen molar-refractivity contribution in [3.63, 3.8) is 0 Å². The second kappa shape index (κ2) is 5.53. The highest BCUT2D eigenvalue weighted by molar-refractivity contribution is 5.65. The maximum absolute atomic E-state index is 11.2. The number of carbonyl (C=O) groups is 1. The van der Waals surface area contributed by atoms with Gasteiger partial charge in [-0.25, -0.2) is 4.79 Å². The van der Waals surface area contributed by atoms with E-state index in [1.165, 1.54) is 0 Å². The van der Waals surface area contributed by atoms with Crippen molar-refractivity contribution in [1.82, 2.24) is 0 Å². The molecule has 0 bridgehead atoms. The van der Waals surface area contributed by atoms with Crippen molar-refractivity contribution < 1.29 is 14.3 Å². The fourth-order valence-corrected chi connectivity index (χ4v) is 1.79. The molecule has 1 aromatic rings. The number of hydrogen-bond donors (Lipinski definition) is 0. The van der Waals surface area contributed by atoms with E-state index in [9.17, 15) is 4.79 Å². The minimum Gasteiger partial charge on any atom is -0.418 e. The number of rotatable bonds is 4. The molecule has 1 atom stereocenters. The summed E-state index contributed by atoms with van der Waals surface area (Å²) in [6.07, 6.45) is 4.08. The van der Waals surface area contributed by atoms with Gasteiger partial charge in [0.15, 0.2) is 11.9 Å².